The molecule has 2 aromatic rings. The lowest BCUT2D eigenvalue weighted by atomic mass is 10.0. The molecule has 0 amide bonds. The van der Waals surface area contributed by atoms with Crippen molar-refractivity contribution in [2.75, 3.05) is 6.79 Å². The van der Waals surface area contributed by atoms with E-state index in [2.05, 4.69) is 24.9 Å². The minimum absolute atomic E-state index is 0.308. The van der Waals surface area contributed by atoms with E-state index < -0.39 is 0 Å². The first kappa shape index (κ1) is 9.46. The topological polar surface area (TPSA) is 31.4 Å². The van der Waals surface area contributed by atoms with Gasteiger partial charge in [0.05, 0.1) is 5.52 Å². The van der Waals surface area contributed by atoms with E-state index in [1.807, 2.05) is 18.3 Å². The van der Waals surface area contributed by atoms with Crippen LogP contribution in [0.4, 0.5) is 0 Å². The second-order valence-electron chi connectivity index (χ2n) is 4.32. The summed E-state index contributed by atoms with van der Waals surface area (Å²) in [6.07, 6.45) is 1.93. The van der Waals surface area contributed by atoms with Crippen LogP contribution in [-0.2, 0) is 0 Å². The van der Waals surface area contributed by atoms with Crippen LogP contribution < -0.4 is 9.47 Å². The molecule has 0 N–H and O–H groups in total. The predicted octanol–water partition coefficient (Wildman–Crippen LogP) is 3.09. The molecule has 16 heavy (non-hydrogen) atoms. The van der Waals surface area contributed by atoms with Crippen LogP contribution in [0.15, 0.2) is 24.4 Å². The number of benzene rings is 1. The van der Waals surface area contributed by atoms with Gasteiger partial charge in [0, 0.05) is 17.6 Å². The van der Waals surface area contributed by atoms with Crippen LogP contribution in [0.25, 0.3) is 10.9 Å². The van der Waals surface area contributed by atoms with Crippen LogP contribution in [0, 0.1) is 0 Å². The first-order valence-corrected chi connectivity index (χ1v) is 5.43. The van der Waals surface area contributed by atoms with Crippen LogP contribution in [-0.4, -0.2) is 11.8 Å². The highest BCUT2D eigenvalue weighted by atomic mass is 16.7. The molecule has 0 saturated carbocycles. The van der Waals surface area contributed by atoms with Gasteiger partial charge in [-0.1, -0.05) is 13.8 Å². The van der Waals surface area contributed by atoms with Crippen molar-refractivity contribution < 1.29 is 9.47 Å². The van der Waals surface area contributed by atoms with E-state index in [0.29, 0.717) is 12.7 Å². The fourth-order valence-electron chi connectivity index (χ4n) is 1.85. The smallest absolute Gasteiger partial charge is 0.231 e. The normalized spacial score (nSPS) is 13.7. The second kappa shape index (κ2) is 3.37. The summed E-state index contributed by atoms with van der Waals surface area (Å²) in [6, 6.07) is 6.09. The van der Waals surface area contributed by atoms with E-state index in [9.17, 15) is 0 Å². The van der Waals surface area contributed by atoms with Gasteiger partial charge in [-0.2, -0.15) is 0 Å². The van der Waals surface area contributed by atoms with Gasteiger partial charge in [-0.25, -0.2) is 0 Å². The van der Waals surface area contributed by atoms with Gasteiger partial charge in [-0.15, -0.1) is 0 Å². The van der Waals surface area contributed by atoms with E-state index in [0.717, 1.165) is 22.4 Å². The summed E-state index contributed by atoms with van der Waals surface area (Å²) < 4.78 is 10.7. The molecule has 2 heterocycles. The number of rotatable bonds is 1. The Bertz CT molecular complexity index is 549. The van der Waals surface area contributed by atoms with Crippen molar-refractivity contribution in [2.24, 2.45) is 0 Å². The van der Waals surface area contributed by atoms with E-state index in [4.69, 9.17) is 9.47 Å². The molecule has 1 aromatic carbocycles. The molecular formula is C13H13NO2. The maximum atomic E-state index is 5.36. The lowest BCUT2D eigenvalue weighted by molar-refractivity contribution is 0.174. The van der Waals surface area contributed by atoms with Gasteiger partial charge in [0.15, 0.2) is 11.5 Å². The fourth-order valence-corrected chi connectivity index (χ4v) is 1.85. The highest BCUT2D eigenvalue weighted by Crippen LogP contribution is 2.35. The van der Waals surface area contributed by atoms with Crippen LogP contribution in [0.3, 0.4) is 0 Å². The molecule has 3 heteroatoms. The van der Waals surface area contributed by atoms with Crippen LogP contribution >= 0.6 is 0 Å². The average Bonchev–Trinajstić information content (AvgIpc) is 2.71. The summed E-state index contributed by atoms with van der Waals surface area (Å²) in [6.45, 7) is 4.63. The minimum Gasteiger partial charge on any atom is -0.454 e. The van der Waals surface area contributed by atoms with E-state index in [-0.39, 0.29) is 0 Å². The zero-order valence-electron chi connectivity index (χ0n) is 9.36. The van der Waals surface area contributed by atoms with Gasteiger partial charge in [-0.05, 0) is 23.6 Å². The van der Waals surface area contributed by atoms with Gasteiger partial charge in [0.2, 0.25) is 6.79 Å². The molecule has 3 nitrogen and oxygen atoms in total. The molecule has 1 aliphatic heterocycles. The Hall–Kier alpha value is -1.77. The van der Waals surface area contributed by atoms with Gasteiger partial charge < -0.3 is 9.47 Å². The molecule has 0 spiro atoms. The average molecular weight is 215 g/mol. The maximum Gasteiger partial charge on any atom is 0.231 e. The van der Waals surface area contributed by atoms with Gasteiger partial charge in [0.1, 0.15) is 0 Å². The third kappa shape index (κ3) is 1.40. The van der Waals surface area contributed by atoms with Gasteiger partial charge in [0.25, 0.3) is 0 Å². The molecule has 0 bridgehead atoms. The molecule has 0 fully saturated rings. The van der Waals surface area contributed by atoms with Crippen LogP contribution in [0.1, 0.15) is 25.3 Å². The largest absolute Gasteiger partial charge is 0.454 e. The molecular weight excluding hydrogens is 202 g/mol. The van der Waals surface area contributed by atoms with E-state index in [1.54, 1.807) is 0 Å². The lowest BCUT2D eigenvalue weighted by Gasteiger charge is -2.06. The molecule has 1 aliphatic rings. The van der Waals surface area contributed by atoms with Crippen molar-refractivity contribution in [3.05, 3.63) is 30.0 Å². The monoisotopic (exact) mass is 215 g/mol. The van der Waals surface area contributed by atoms with Crippen LogP contribution in [0.2, 0.25) is 0 Å². The van der Waals surface area contributed by atoms with Crippen molar-refractivity contribution in [2.45, 2.75) is 19.8 Å². The first-order chi connectivity index (χ1) is 7.74. The standard InChI is InChI=1S/C13H13NO2/c1-8(2)10-3-9-4-12-13(16-7-15-12)5-11(9)14-6-10/h3-6,8H,7H2,1-2H3. The maximum absolute atomic E-state index is 5.36. The number of nitrogens with zero attached hydrogens (tertiary/aromatic N) is 1. The van der Waals surface area contributed by atoms with E-state index >= 15 is 0 Å². The lowest BCUT2D eigenvalue weighted by Crippen LogP contribution is -1.92. The Kier molecular flexibility index (Phi) is 1.99. The molecule has 82 valence electrons. The zero-order valence-corrected chi connectivity index (χ0v) is 9.36. The van der Waals surface area contributed by atoms with Crippen molar-refractivity contribution in [1.82, 2.24) is 4.98 Å². The molecule has 0 aliphatic carbocycles. The third-order valence-electron chi connectivity index (χ3n) is 2.86. The number of ether oxygens (including phenoxy) is 2. The van der Waals surface area contributed by atoms with Crippen LogP contribution in [0.5, 0.6) is 11.5 Å². The molecule has 3 rings (SSSR count). The quantitative estimate of drug-likeness (QED) is 0.732. The Morgan fingerprint density at radius 2 is 1.88 bits per heavy atom. The van der Waals surface area contributed by atoms with Crippen molar-refractivity contribution in [3.63, 3.8) is 0 Å². The number of hydrogen-bond acceptors (Lipinski definition) is 3. The summed E-state index contributed by atoms with van der Waals surface area (Å²) >= 11 is 0. The summed E-state index contributed by atoms with van der Waals surface area (Å²) in [5.41, 5.74) is 2.19. The molecule has 1 aromatic heterocycles. The zero-order chi connectivity index (χ0) is 11.1. The highest BCUT2D eigenvalue weighted by Gasteiger charge is 2.14. The SMILES string of the molecule is CC(C)c1cnc2cc3c(cc2c1)OCO3. The summed E-state index contributed by atoms with van der Waals surface area (Å²) in [5.74, 6) is 2.09. The molecule has 0 atom stereocenters. The third-order valence-corrected chi connectivity index (χ3v) is 2.86. The van der Waals surface area contributed by atoms with Gasteiger partial charge >= 0.3 is 0 Å². The van der Waals surface area contributed by atoms with Crippen molar-refractivity contribution in [3.8, 4) is 11.5 Å². The highest BCUT2D eigenvalue weighted by molar-refractivity contribution is 5.83. The Morgan fingerprint density at radius 3 is 2.62 bits per heavy atom. The number of pyridine rings is 1. The fraction of sp³-hybridized carbons (Fsp3) is 0.308. The molecule has 0 unspecified atom stereocenters. The predicted molar refractivity (Wildman–Crippen MR) is 62.0 cm³/mol. The number of hydrogen-bond donors (Lipinski definition) is 0. The van der Waals surface area contributed by atoms with Crippen molar-refractivity contribution in [1.29, 1.82) is 0 Å². The minimum atomic E-state index is 0.308. The first-order valence-electron chi connectivity index (χ1n) is 5.43. The Balaban J connectivity index is 2.20. The molecule has 0 saturated heterocycles. The van der Waals surface area contributed by atoms with Crippen molar-refractivity contribution >= 4 is 10.9 Å². The molecule has 0 radical (unpaired) electrons. The van der Waals surface area contributed by atoms with Gasteiger partial charge in [-0.3, -0.25) is 4.98 Å². The summed E-state index contributed by atoms with van der Waals surface area (Å²) in [4.78, 5) is 4.44. The second-order valence-corrected chi connectivity index (χ2v) is 4.32. The summed E-state index contributed by atoms with van der Waals surface area (Å²) in [5, 5.41) is 1.11. The Morgan fingerprint density at radius 1 is 1.12 bits per heavy atom. The number of fused-ring (bicyclic) bond motifs is 2. The van der Waals surface area contributed by atoms with E-state index in [1.165, 1.54) is 5.56 Å². The summed E-state index contributed by atoms with van der Waals surface area (Å²) in [7, 11) is 0. The Labute approximate surface area is 94.0 Å². The number of aromatic nitrogens is 1.